The van der Waals surface area contributed by atoms with E-state index in [1.165, 1.54) is 18.2 Å². The van der Waals surface area contributed by atoms with Crippen LogP contribution >= 0.6 is 0 Å². The van der Waals surface area contributed by atoms with Gasteiger partial charge in [-0.25, -0.2) is 0 Å². The number of piperidine rings is 1. The number of amides is 1. The van der Waals surface area contributed by atoms with Crippen molar-refractivity contribution < 1.29 is 23.5 Å². The van der Waals surface area contributed by atoms with E-state index in [-0.39, 0.29) is 17.8 Å². The Balaban J connectivity index is 1.69. The van der Waals surface area contributed by atoms with Gasteiger partial charge in [-0.1, -0.05) is 23.8 Å². The number of furan rings is 1. The van der Waals surface area contributed by atoms with E-state index >= 15 is 0 Å². The summed E-state index contributed by atoms with van der Waals surface area (Å²) in [6.07, 6.45) is 4.70. The topological polar surface area (TPSA) is 69.0 Å². The van der Waals surface area contributed by atoms with Gasteiger partial charge in [-0.3, -0.25) is 9.59 Å². The number of esters is 1. The van der Waals surface area contributed by atoms with E-state index in [0.29, 0.717) is 31.7 Å². The maximum atomic E-state index is 13.1. The maximum absolute atomic E-state index is 13.1. The quantitative estimate of drug-likeness (QED) is 0.342. The smallest absolute Gasteiger partial charge is 0.308 e. The molecule has 0 N–H and O–H groups in total. The zero-order valence-corrected chi connectivity index (χ0v) is 21.4. The van der Waals surface area contributed by atoms with Gasteiger partial charge in [0.25, 0.3) is 0 Å². The molecule has 1 aliphatic rings. The number of hydrogen-bond donors (Lipinski definition) is 0. The highest BCUT2D eigenvalue weighted by Crippen LogP contribution is 2.41. The Hall–Kier alpha value is -3.54. The van der Waals surface area contributed by atoms with E-state index in [1.54, 1.807) is 24.3 Å². The minimum atomic E-state index is -0.197. The van der Waals surface area contributed by atoms with Crippen LogP contribution in [0.2, 0.25) is 0 Å². The molecule has 184 valence electrons. The first-order valence-electron chi connectivity index (χ1n) is 12.0. The molecule has 2 heterocycles. The van der Waals surface area contributed by atoms with Crippen LogP contribution in [-0.4, -0.2) is 44.1 Å². The molecule has 1 amide bonds. The highest BCUT2D eigenvalue weighted by atomic mass is 16.5. The van der Waals surface area contributed by atoms with Crippen LogP contribution in [0.25, 0.3) is 27.7 Å². The second-order valence-electron chi connectivity index (χ2n) is 9.38. The summed E-state index contributed by atoms with van der Waals surface area (Å²) in [5, 5.41) is 0.990. The van der Waals surface area contributed by atoms with Gasteiger partial charge in [-0.05, 0) is 63.3 Å². The van der Waals surface area contributed by atoms with E-state index in [9.17, 15) is 9.59 Å². The Bertz CT molecular complexity index is 1310. The molecule has 2 aromatic carbocycles. The van der Waals surface area contributed by atoms with E-state index < -0.39 is 0 Å². The Morgan fingerprint density at radius 2 is 1.77 bits per heavy atom. The van der Waals surface area contributed by atoms with Crippen LogP contribution in [0.5, 0.6) is 5.75 Å². The van der Waals surface area contributed by atoms with Gasteiger partial charge in [0.2, 0.25) is 5.91 Å². The third kappa shape index (κ3) is 4.70. The molecule has 6 heteroatoms. The van der Waals surface area contributed by atoms with Gasteiger partial charge >= 0.3 is 5.97 Å². The highest BCUT2D eigenvalue weighted by Gasteiger charge is 2.27. The lowest BCUT2D eigenvalue weighted by Crippen LogP contribution is -2.39. The molecule has 6 nitrogen and oxygen atoms in total. The van der Waals surface area contributed by atoms with Crippen LogP contribution in [0.3, 0.4) is 0 Å². The fraction of sp³-hybridized carbons (Fsp3) is 0.379. The molecule has 35 heavy (non-hydrogen) atoms. The van der Waals surface area contributed by atoms with Crippen LogP contribution in [-0.2, 0) is 14.3 Å². The van der Waals surface area contributed by atoms with Gasteiger partial charge in [0.15, 0.2) is 0 Å². The lowest BCUT2D eigenvalue weighted by atomic mass is 9.94. The summed E-state index contributed by atoms with van der Waals surface area (Å²) in [6, 6.07) is 8.45. The van der Waals surface area contributed by atoms with Crippen molar-refractivity contribution in [3.05, 3.63) is 58.9 Å². The second-order valence-corrected chi connectivity index (χ2v) is 9.38. The summed E-state index contributed by atoms with van der Waals surface area (Å²) >= 11 is 0. The predicted molar refractivity (Wildman–Crippen MR) is 137 cm³/mol. The minimum Gasteiger partial charge on any atom is -0.496 e. The molecule has 0 unspecified atom stereocenters. The number of benzene rings is 2. The van der Waals surface area contributed by atoms with Crippen molar-refractivity contribution in [2.24, 2.45) is 5.92 Å². The van der Waals surface area contributed by atoms with Crippen molar-refractivity contribution in [2.75, 3.05) is 27.3 Å². The number of nitrogens with zero attached hydrogens (tertiary/aromatic N) is 1. The summed E-state index contributed by atoms with van der Waals surface area (Å²) in [6.45, 7) is 9.17. The standard InChI is InChI=1S/C29H33NO5/c1-17-7-8-22(18(2)13-17)25-16-35-28-20(4)27(33-5)23(15-24(25)28)19(3)14-26(31)30-11-9-21(10-12-30)29(32)34-6/h7-8,13-16,21H,9-12H2,1-6H3/b19-14+. The molecule has 1 fully saturated rings. The van der Waals surface area contributed by atoms with Crippen LogP contribution in [0, 0.1) is 26.7 Å². The van der Waals surface area contributed by atoms with Gasteiger partial charge in [0.1, 0.15) is 11.3 Å². The maximum Gasteiger partial charge on any atom is 0.308 e. The average Bonchev–Trinajstić information content (AvgIpc) is 3.27. The fourth-order valence-corrected chi connectivity index (χ4v) is 5.05. The van der Waals surface area contributed by atoms with Crippen LogP contribution in [0.1, 0.15) is 42.0 Å². The number of fused-ring (bicyclic) bond motifs is 1. The van der Waals surface area contributed by atoms with Crippen LogP contribution in [0.4, 0.5) is 0 Å². The number of carbonyl (C=O) groups excluding carboxylic acids is 2. The Labute approximate surface area is 206 Å². The normalized spacial score (nSPS) is 14.9. The van der Waals surface area contributed by atoms with Crippen molar-refractivity contribution in [3.8, 4) is 16.9 Å². The highest BCUT2D eigenvalue weighted by molar-refractivity contribution is 6.02. The van der Waals surface area contributed by atoms with E-state index in [1.807, 2.05) is 13.8 Å². The zero-order valence-electron chi connectivity index (χ0n) is 21.4. The van der Waals surface area contributed by atoms with Gasteiger partial charge in [-0.15, -0.1) is 0 Å². The third-order valence-corrected chi connectivity index (χ3v) is 7.03. The van der Waals surface area contributed by atoms with Crippen molar-refractivity contribution in [3.63, 3.8) is 0 Å². The number of rotatable bonds is 5. The SMILES string of the molecule is COC(=O)C1CCN(C(=O)/C=C(\C)c2cc3c(-c4ccc(C)cc4C)coc3c(C)c2OC)CC1. The molecule has 0 saturated carbocycles. The zero-order chi connectivity index (χ0) is 25.3. The number of methoxy groups -OCH3 is 2. The molecule has 1 aliphatic heterocycles. The first-order valence-corrected chi connectivity index (χ1v) is 12.0. The minimum absolute atomic E-state index is 0.0626. The van der Waals surface area contributed by atoms with Crippen molar-refractivity contribution in [1.82, 2.24) is 4.90 Å². The number of allylic oxidation sites excluding steroid dienone is 1. The number of likely N-dealkylation sites (tertiary alicyclic amines) is 1. The van der Waals surface area contributed by atoms with E-state index in [2.05, 4.69) is 38.1 Å². The predicted octanol–water partition coefficient (Wildman–Crippen LogP) is 5.85. The van der Waals surface area contributed by atoms with Gasteiger partial charge < -0.3 is 18.8 Å². The Morgan fingerprint density at radius 3 is 2.40 bits per heavy atom. The number of aryl methyl sites for hydroxylation is 3. The molecule has 4 rings (SSSR count). The number of carbonyl (C=O) groups is 2. The summed E-state index contributed by atoms with van der Waals surface area (Å²) in [5.41, 5.74) is 7.90. The molecule has 0 radical (unpaired) electrons. The summed E-state index contributed by atoms with van der Waals surface area (Å²) < 4.78 is 16.6. The first-order chi connectivity index (χ1) is 16.7. The van der Waals surface area contributed by atoms with Gasteiger partial charge in [-0.2, -0.15) is 0 Å². The van der Waals surface area contributed by atoms with Gasteiger partial charge in [0, 0.05) is 41.2 Å². The lowest BCUT2D eigenvalue weighted by molar-refractivity contribution is -0.148. The molecule has 0 spiro atoms. The third-order valence-electron chi connectivity index (χ3n) is 7.03. The molecule has 0 bridgehead atoms. The molecule has 1 aromatic heterocycles. The number of hydrogen-bond acceptors (Lipinski definition) is 5. The van der Waals surface area contributed by atoms with Crippen molar-refractivity contribution in [1.29, 1.82) is 0 Å². The molecule has 0 atom stereocenters. The summed E-state index contributed by atoms with van der Waals surface area (Å²) in [7, 11) is 3.04. The average molecular weight is 476 g/mol. The van der Waals surface area contributed by atoms with Crippen molar-refractivity contribution in [2.45, 2.75) is 40.5 Å². The van der Waals surface area contributed by atoms with Crippen LogP contribution < -0.4 is 4.74 Å². The first kappa shape index (κ1) is 24.6. The van der Waals surface area contributed by atoms with Crippen LogP contribution in [0.15, 0.2) is 41.0 Å². The fourth-order valence-electron chi connectivity index (χ4n) is 5.05. The summed E-state index contributed by atoms with van der Waals surface area (Å²) in [4.78, 5) is 26.7. The summed E-state index contributed by atoms with van der Waals surface area (Å²) in [5.74, 6) is 0.304. The Morgan fingerprint density at radius 1 is 1.06 bits per heavy atom. The lowest BCUT2D eigenvalue weighted by Gasteiger charge is -2.30. The molecule has 1 saturated heterocycles. The second kappa shape index (κ2) is 9.98. The van der Waals surface area contributed by atoms with Crippen molar-refractivity contribution >= 4 is 28.4 Å². The molecule has 3 aromatic rings. The van der Waals surface area contributed by atoms with E-state index in [0.717, 1.165) is 38.8 Å². The largest absolute Gasteiger partial charge is 0.496 e. The number of ether oxygens (including phenoxy) is 2. The monoisotopic (exact) mass is 475 g/mol. The molecular weight excluding hydrogens is 442 g/mol. The van der Waals surface area contributed by atoms with E-state index in [4.69, 9.17) is 13.9 Å². The molecule has 0 aliphatic carbocycles. The molecular formula is C29H33NO5. The van der Waals surface area contributed by atoms with Gasteiger partial charge in [0.05, 0.1) is 26.4 Å². The Kier molecular flexibility index (Phi) is 7.01.